The first kappa shape index (κ1) is 25.1. The molecule has 208 valence electrons. The molecule has 7 rings (SSSR count). The number of nitrogens with one attached hydrogen (secondary N) is 3. The lowest BCUT2D eigenvalue weighted by Gasteiger charge is -2.27. The molecule has 0 aromatic carbocycles. The van der Waals surface area contributed by atoms with Gasteiger partial charge in [-0.25, -0.2) is 4.98 Å². The Morgan fingerprint density at radius 1 is 1.10 bits per heavy atom. The van der Waals surface area contributed by atoms with Crippen molar-refractivity contribution >= 4 is 50.9 Å². The highest BCUT2D eigenvalue weighted by atomic mass is 32.1. The second kappa shape index (κ2) is 10.3. The van der Waals surface area contributed by atoms with Crippen LogP contribution >= 0.6 is 11.3 Å². The Kier molecular flexibility index (Phi) is 6.45. The molecule has 2 aliphatic heterocycles. The van der Waals surface area contributed by atoms with E-state index < -0.39 is 0 Å². The van der Waals surface area contributed by atoms with Gasteiger partial charge in [-0.1, -0.05) is 6.42 Å². The minimum absolute atomic E-state index is 0.140. The average Bonchev–Trinajstić information content (AvgIpc) is 3.69. The lowest BCUT2D eigenvalue weighted by molar-refractivity contribution is -0.427. The fourth-order valence-electron chi connectivity index (χ4n) is 5.74. The molecule has 4 aromatic rings. The molecular formula is C28H31N6O5S+. The zero-order valence-corrected chi connectivity index (χ0v) is 22.8. The van der Waals surface area contributed by atoms with Crippen LogP contribution in [0.4, 0.5) is 22.5 Å². The Hall–Kier alpha value is -3.87. The number of fused-ring (bicyclic) bond motifs is 2. The zero-order chi connectivity index (χ0) is 27.2. The molecule has 40 heavy (non-hydrogen) atoms. The minimum atomic E-state index is -0.222. The summed E-state index contributed by atoms with van der Waals surface area (Å²) in [6, 6.07) is 5.98. The van der Waals surface area contributed by atoms with Crippen LogP contribution in [0.2, 0.25) is 0 Å². The molecule has 2 fully saturated rings. The molecule has 11 nitrogen and oxygen atoms in total. The monoisotopic (exact) mass is 563 g/mol. The third-order valence-corrected chi connectivity index (χ3v) is 8.76. The van der Waals surface area contributed by atoms with Crippen molar-refractivity contribution < 1.29 is 24.1 Å². The van der Waals surface area contributed by atoms with Crippen LogP contribution in [-0.2, 0) is 11.3 Å². The van der Waals surface area contributed by atoms with Crippen molar-refractivity contribution in [2.75, 3.05) is 41.8 Å². The number of hydrogen-bond donors (Lipinski definition) is 4. The second-order valence-corrected chi connectivity index (χ2v) is 11.5. The maximum absolute atomic E-state index is 12.8. The summed E-state index contributed by atoms with van der Waals surface area (Å²) in [4.78, 5) is 32.3. The number of morpholine rings is 1. The molecule has 0 spiro atoms. The molecule has 0 radical (unpaired) electrons. The van der Waals surface area contributed by atoms with Gasteiger partial charge in [0.25, 0.3) is 5.91 Å². The SMILES string of the molecule is [NH3+][C@@H]1CCCC[C@@H]1Nc1cc2c(c(Nc3cc(-c4coc5c(=O)cc(N6CCOCC6)oc45)cs3)n1)C(=O)NC2. The highest BCUT2D eigenvalue weighted by molar-refractivity contribution is 7.14. The predicted molar refractivity (Wildman–Crippen MR) is 152 cm³/mol. The lowest BCUT2D eigenvalue weighted by atomic mass is 9.91. The minimum Gasteiger partial charge on any atom is -0.456 e. The highest BCUT2D eigenvalue weighted by Crippen LogP contribution is 2.38. The van der Waals surface area contributed by atoms with E-state index in [1.54, 1.807) is 6.26 Å². The van der Waals surface area contributed by atoms with E-state index in [1.807, 2.05) is 22.4 Å². The van der Waals surface area contributed by atoms with Crippen LogP contribution in [0.5, 0.6) is 0 Å². The van der Waals surface area contributed by atoms with E-state index in [1.165, 1.54) is 30.2 Å². The molecule has 4 aromatic heterocycles. The van der Waals surface area contributed by atoms with Crippen molar-refractivity contribution in [3.63, 3.8) is 0 Å². The van der Waals surface area contributed by atoms with Gasteiger partial charge in [0.1, 0.15) is 23.9 Å². The average molecular weight is 564 g/mol. The maximum atomic E-state index is 12.8. The molecule has 0 bridgehead atoms. The van der Waals surface area contributed by atoms with Crippen molar-refractivity contribution in [1.29, 1.82) is 0 Å². The van der Waals surface area contributed by atoms with E-state index in [-0.39, 0.29) is 23.0 Å². The molecule has 6 heterocycles. The smallest absolute Gasteiger partial charge is 0.255 e. The summed E-state index contributed by atoms with van der Waals surface area (Å²) in [5, 5.41) is 12.6. The molecule has 1 amide bonds. The van der Waals surface area contributed by atoms with Crippen LogP contribution in [0.1, 0.15) is 41.6 Å². The number of ether oxygens (including phenoxy) is 1. The van der Waals surface area contributed by atoms with Gasteiger partial charge in [0, 0.05) is 37.0 Å². The number of pyridine rings is 1. The largest absolute Gasteiger partial charge is 0.456 e. The number of aromatic nitrogens is 1. The van der Waals surface area contributed by atoms with Crippen molar-refractivity contribution in [1.82, 2.24) is 10.3 Å². The molecule has 1 saturated heterocycles. The van der Waals surface area contributed by atoms with Gasteiger partial charge in [-0.15, -0.1) is 11.3 Å². The molecule has 3 aliphatic rings. The van der Waals surface area contributed by atoms with Crippen LogP contribution in [0.15, 0.2) is 43.5 Å². The standard InChI is InChI=1S/C28H30N6O5S/c29-18-3-1-2-4-19(18)31-21-9-15-12-30-28(36)24(15)27(32-21)33-22-10-16(14-40-22)17-13-38-26-20(35)11-23(39-25(17)26)34-5-7-37-8-6-34/h9-11,13-14,18-19H,1-8,12,29H2,(H,30,36)(H2,31,32,33)/p+1/t18-,19+/m1/s1. The van der Waals surface area contributed by atoms with Crippen LogP contribution in [0.25, 0.3) is 22.3 Å². The van der Waals surface area contributed by atoms with E-state index in [2.05, 4.69) is 21.7 Å². The number of anilines is 4. The van der Waals surface area contributed by atoms with Crippen molar-refractivity contribution in [3.05, 3.63) is 51.2 Å². The molecule has 6 N–H and O–H groups in total. The summed E-state index contributed by atoms with van der Waals surface area (Å²) >= 11 is 1.47. The molecular weight excluding hydrogens is 532 g/mol. The summed E-state index contributed by atoms with van der Waals surface area (Å²) in [5.41, 5.74) is 7.71. The summed E-state index contributed by atoms with van der Waals surface area (Å²) in [5.74, 6) is 1.63. The molecule has 0 unspecified atom stereocenters. The van der Waals surface area contributed by atoms with Gasteiger partial charge >= 0.3 is 0 Å². The Balaban J connectivity index is 1.19. The fraction of sp³-hybridized carbons (Fsp3) is 0.393. The Morgan fingerprint density at radius 3 is 2.80 bits per heavy atom. The summed E-state index contributed by atoms with van der Waals surface area (Å²) < 4.78 is 17.3. The van der Waals surface area contributed by atoms with E-state index in [0.29, 0.717) is 67.3 Å². The topological polar surface area (TPSA) is 150 Å². The van der Waals surface area contributed by atoms with Gasteiger partial charge in [-0.2, -0.15) is 0 Å². The first-order chi connectivity index (χ1) is 19.5. The molecule has 1 saturated carbocycles. The number of thiophene rings is 1. The number of carbonyl (C=O) groups excluding carboxylic acids is 1. The van der Waals surface area contributed by atoms with Gasteiger partial charge in [0.05, 0.1) is 41.4 Å². The number of quaternary nitrogens is 1. The summed E-state index contributed by atoms with van der Waals surface area (Å²) in [6.45, 7) is 2.96. The van der Waals surface area contributed by atoms with E-state index in [4.69, 9.17) is 18.6 Å². The van der Waals surface area contributed by atoms with E-state index in [0.717, 1.165) is 34.8 Å². The molecule has 1 aliphatic carbocycles. The fourth-order valence-corrected chi connectivity index (χ4v) is 6.53. The Bertz CT molecular complexity index is 1640. The Labute approximate surface area is 233 Å². The van der Waals surface area contributed by atoms with Crippen LogP contribution in [0.3, 0.4) is 0 Å². The number of rotatable bonds is 6. The van der Waals surface area contributed by atoms with Gasteiger partial charge in [0.2, 0.25) is 11.0 Å². The number of nitrogens with zero attached hydrogens (tertiary/aromatic N) is 2. The Morgan fingerprint density at radius 2 is 1.95 bits per heavy atom. The number of furan rings is 1. The quantitative estimate of drug-likeness (QED) is 0.277. The van der Waals surface area contributed by atoms with Gasteiger partial charge in [-0.3, -0.25) is 9.59 Å². The van der Waals surface area contributed by atoms with Crippen LogP contribution in [0, 0.1) is 0 Å². The zero-order valence-electron chi connectivity index (χ0n) is 22.0. The van der Waals surface area contributed by atoms with Crippen LogP contribution in [-0.4, -0.2) is 49.3 Å². The first-order valence-corrected chi connectivity index (χ1v) is 14.6. The van der Waals surface area contributed by atoms with Gasteiger partial charge in [0.15, 0.2) is 11.5 Å². The first-order valence-electron chi connectivity index (χ1n) is 13.7. The molecule has 12 heteroatoms. The van der Waals surface area contributed by atoms with Crippen molar-refractivity contribution in [3.8, 4) is 11.1 Å². The van der Waals surface area contributed by atoms with Crippen LogP contribution < -0.4 is 32.0 Å². The third-order valence-electron chi connectivity index (χ3n) is 7.92. The van der Waals surface area contributed by atoms with Crippen molar-refractivity contribution in [2.45, 2.75) is 44.3 Å². The summed E-state index contributed by atoms with van der Waals surface area (Å²) in [6.07, 6.45) is 6.10. The third kappa shape index (κ3) is 4.61. The second-order valence-electron chi connectivity index (χ2n) is 10.5. The number of hydrogen-bond acceptors (Lipinski definition) is 10. The normalized spacial score (nSPS) is 20.9. The lowest BCUT2D eigenvalue weighted by Crippen LogP contribution is -2.68. The van der Waals surface area contributed by atoms with Gasteiger partial charge < -0.3 is 40.2 Å². The number of amides is 1. The number of carbonyl (C=O) groups is 1. The predicted octanol–water partition coefficient (Wildman–Crippen LogP) is 3.30. The highest BCUT2D eigenvalue weighted by Gasteiger charge is 2.29. The van der Waals surface area contributed by atoms with Gasteiger partial charge in [-0.05, 0) is 30.5 Å². The van der Waals surface area contributed by atoms with Crippen molar-refractivity contribution in [2.24, 2.45) is 0 Å². The molecule has 2 atom stereocenters. The van der Waals surface area contributed by atoms with E-state index >= 15 is 0 Å². The van der Waals surface area contributed by atoms with E-state index in [9.17, 15) is 9.59 Å². The summed E-state index contributed by atoms with van der Waals surface area (Å²) in [7, 11) is 0. The maximum Gasteiger partial charge on any atom is 0.255 e.